The molecule has 8 heteroatoms. The van der Waals surface area contributed by atoms with E-state index in [1.165, 1.54) is 7.05 Å². The lowest BCUT2D eigenvalue weighted by Crippen LogP contribution is -2.42. The van der Waals surface area contributed by atoms with Gasteiger partial charge in [0, 0.05) is 13.6 Å². The summed E-state index contributed by atoms with van der Waals surface area (Å²) in [4.78, 5) is -0.167. The van der Waals surface area contributed by atoms with Crippen LogP contribution in [0, 0.1) is 5.82 Å². The number of hydrogen-bond acceptors (Lipinski definition) is 4. The van der Waals surface area contributed by atoms with Gasteiger partial charge in [-0.05, 0) is 40.9 Å². The Morgan fingerprint density at radius 2 is 2.00 bits per heavy atom. The van der Waals surface area contributed by atoms with Crippen molar-refractivity contribution in [1.82, 2.24) is 4.31 Å². The van der Waals surface area contributed by atoms with Crippen LogP contribution in [0.3, 0.4) is 0 Å². The van der Waals surface area contributed by atoms with Crippen LogP contribution in [0.1, 0.15) is 25.7 Å². The van der Waals surface area contributed by atoms with Gasteiger partial charge in [-0.25, -0.2) is 12.8 Å². The Labute approximate surface area is 132 Å². The number of hydrogen-bond donors (Lipinski definition) is 2. The molecule has 5 nitrogen and oxygen atoms in total. The van der Waals surface area contributed by atoms with Crippen molar-refractivity contribution in [3.8, 4) is 0 Å². The number of nitrogens with zero attached hydrogens (tertiary/aromatic N) is 1. The Kier molecular flexibility index (Phi) is 4.63. The molecule has 0 unspecified atom stereocenters. The average molecular weight is 381 g/mol. The van der Waals surface area contributed by atoms with Crippen LogP contribution in [-0.4, -0.2) is 37.0 Å². The minimum Gasteiger partial charge on any atom is -0.398 e. The van der Waals surface area contributed by atoms with Crippen molar-refractivity contribution in [2.45, 2.75) is 36.2 Å². The largest absolute Gasteiger partial charge is 0.398 e. The molecular weight excluding hydrogens is 363 g/mol. The lowest BCUT2D eigenvalue weighted by molar-refractivity contribution is 0.0333. The van der Waals surface area contributed by atoms with Crippen LogP contribution in [0.5, 0.6) is 0 Å². The number of anilines is 1. The zero-order valence-electron chi connectivity index (χ0n) is 11.6. The molecule has 3 N–H and O–H groups in total. The summed E-state index contributed by atoms with van der Waals surface area (Å²) < 4.78 is 39.5. The fourth-order valence-electron chi connectivity index (χ4n) is 2.63. The molecule has 1 fully saturated rings. The highest BCUT2D eigenvalue weighted by Gasteiger charge is 2.36. The predicted molar refractivity (Wildman–Crippen MR) is 81.7 cm³/mol. The van der Waals surface area contributed by atoms with E-state index in [0.717, 1.165) is 29.3 Å². The van der Waals surface area contributed by atoms with Crippen LogP contribution in [0.2, 0.25) is 0 Å². The van der Waals surface area contributed by atoms with Crippen LogP contribution in [0.25, 0.3) is 0 Å². The Morgan fingerprint density at radius 3 is 2.57 bits per heavy atom. The minimum absolute atomic E-state index is 0.00374. The molecule has 21 heavy (non-hydrogen) atoms. The molecule has 0 saturated heterocycles. The van der Waals surface area contributed by atoms with Gasteiger partial charge in [0.15, 0.2) is 0 Å². The van der Waals surface area contributed by atoms with Gasteiger partial charge in [-0.3, -0.25) is 0 Å². The van der Waals surface area contributed by atoms with Crippen molar-refractivity contribution in [1.29, 1.82) is 0 Å². The van der Waals surface area contributed by atoms with E-state index in [1.807, 2.05) is 0 Å². The van der Waals surface area contributed by atoms with E-state index < -0.39 is 21.4 Å². The van der Waals surface area contributed by atoms with E-state index in [9.17, 15) is 17.9 Å². The fourth-order valence-corrected chi connectivity index (χ4v) is 4.49. The first-order valence-corrected chi connectivity index (χ1v) is 8.82. The molecule has 0 aliphatic heterocycles. The smallest absolute Gasteiger partial charge is 0.245 e. The maximum Gasteiger partial charge on any atom is 0.245 e. The zero-order chi connectivity index (χ0) is 15.8. The number of benzene rings is 1. The summed E-state index contributed by atoms with van der Waals surface area (Å²) in [5, 5.41) is 10.3. The van der Waals surface area contributed by atoms with E-state index >= 15 is 0 Å². The zero-order valence-corrected chi connectivity index (χ0v) is 14.0. The quantitative estimate of drug-likeness (QED) is 0.783. The average Bonchev–Trinajstić information content (AvgIpc) is 2.80. The third kappa shape index (κ3) is 3.39. The van der Waals surface area contributed by atoms with Crippen molar-refractivity contribution in [2.75, 3.05) is 19.3 Å². The van der Waals surface area contributed by atoms with Gasteiger partial charge in [0.2, 0.25) is 10.0 Å². The molecule has 0 amide bonds. The maximum absolute atomic E-state index is 13.4. The van der Waals surface area contributed by atoms with Gasteiger partial charge in [0.05, 0.1) is 15.8 Å². The van der Waals surface area contributed by atoms with E-state index in [4.69, 9.17) is 5.73 Å². The summed E-state index contributed by atoms with van der Waals surface area (Å²) >= 11 is 2.96. The second-order valence-electron chi connectivity index (χ2n) is 5.50. The Bertz CT molecular complexity index is 645. The number of nitrogens with two attached hydrogens (primary N) is 1. The first-order chi connectivity index (χ1) is 9.66. The molecule has 0 spiro atoms. The molecule has 0 bridgehead atoms. The summed E-state index contributed by atoms with van der Waals surface area (Å²) in [5.41, 5.74) is 4.48. The molecule has 1 saturated carbocycles. The Balaban J connectivity index is 2.31. The van der Waals surface area contributed by atoms with Crippen molar-refractivity contribution in [3.05, 3.63) is 22.4 Å². The van der Waals surface area contributed by atoms with Crippen molar-refractivity contribution >= 4 is 31.6 Å². The number of likely N-dealkylation sites (N-methyl/N-ethyl adjacent to an activating group) is 1. The number of halogens is 2. The topological polar surface area (TPSA) is 83.6 Å². The molecule has 0 heterocycles. The summed E-state index contributed by atoms with van der Waals surface area (Å²) in [5.74, 6) is -0.622. The fraction of sp³-hybridized carbons (Fsp3) is 0.538. The van der Waals surface area contributed by atoms with Crippen LogP contribution in [0.15, 0.2) is 21.5 Å². The van der Waals surface area contributed by atoms with E-state index in [2.05, 4.69) is 15.9 Å². The molecule has 0 aromatic heterocycles. The standard InChI is InChI=1S/C13H18BrFN2O3S/c1-17(8-13(18)4-2-3-5-13)21(19,20)12-6-9(14)10(15)7-11(12)16/h6-7,18H,2-5,8,16H2,1H3. The first kappa shape index (κ1) is 16.7. The number of rotatable bonds is 4. The van der Waals surface area contributed by atoms with E-state index in [0.29, 0.717) is 12.8 Å². The highest BCUT2D eigenvalue weighted by Crippen LogP contribution is 2.33. The molecule has 2 rings (SSSR count). The third-order valence-corrected chi connectivity index (χ3v) is 6.26. The molecule has 1 aromatic carbocycles. The second-order valence-corrected chi connectivity index (χ2v) is 8.36. The highest BCUT2D eigenvalue weighted by atomic mass is 79.9. The molecule has 118 valence electrons. The maximum atomic E-state index is 13.4. The monoisotopic (exact) mass is 380 g/mol. The molecule has 1 aliphatic rings. The molecule has 0 atom stereocenters. The highest BCUT2D eigenvalue weighted by molar-refractivity contribution is 9.10. The van der Waals surface area contributed by atoms with Gasteiger partial charge < -0.3 is 10.8 Å². The van der Waals surface area contributed by atoms with E-state index in [1.54, 1.807) is 0 Å². The summed E-state index contributed by atoms with van der Waals surface area (Å²) in [6.07, 6.45) is 2.92. The normalized spacial score (nSPS) is 18.3. The van der Waals surface area contributed by atoms with Gasteiger partial charge in [-0.2, -0.15) is 4.31 Å². The number of aliphatic hydroxyl groups is 1. The van der Waals surface area contributed by atoms with Gasteiger partial charge in [-0.15, -0.1) is 0 Å². The lowest BCUT2D eigenvalue weighted by atomic mass is 10.0. The van der Waals surface area contributed by atoms with Crippen LogP contribution < -0.4 is 5.73 Å². The SMILES string of the molecule is CN(CC1(O)CCCC1)S(=O)(=O)c1cc(Br)c(F)cc1N. The second kappa shape index (κ2) is 5.83. The summed E-state index contributed by atoms with van der Waals surface area (Å²) in [6.45, 7) is 0.00374. The van der Waals surface area contributed by atoms with Gasteiger partial charge in [0.1, 0.15) is 10.7 Å². The van der Waals surface area contributed by atoms with Crippen molar-refractivity contribution in [3.63, 3.8) is 0 Å². The molecule has 1 aromatic rings. The van der Waals surface area contributed by atoms with Crippen LogP contribution in [-0.2, 0) is 10.0 Å². The van der Waals surface area contributed by atoms with Crippen molar-refractivity contribution in [2.24, 2.45) is 0 Å². The molecular formula is C13H18BrFN2O3S. The van der Waals surface area contributed by atoms with Gasteiger partial charge >= 0.3 is 0 Å². The van der Waals surface area contributed by atoms with E-state index in [-0.39, 0.29) is 21.6 Å². The molecule has 0 radical (unpaired) electrons. The summed E-state index contributed by atoms with van der Waals surface area (Å²) in [7, 11) is -2.49. The van der Waals surface area contributed by atoms with Gasteiger partial charge in [-0.1, -0.05) is 12.8 Å². The lowest BCUT2D eigenvalue weighted by Gasteiger charge is -2.28. The number of nitrogen functional groups attached to an aromatic ring is 1. The van der Waals surface area contributed by atoms with Crippen molar-refractivity contribution < 1.29 is 17.9 Å². The number of sulfonamides is 1. The third-order valence-electron chi connectivity index (χ3n) is 3.79. The first-order valence-electron chi connectivity index (χ1n) is 6.59. The Hall–Kier alpha value is -0.700. The van der Waals surface area contributed by atoms with Crippen LogP contribution >= 0.6 is 15.9 Å². The molecule has 1 aliphatic carbocycles. The van der Waals surface area contributed by atoms with Gasteiger partial charge in [0.25, 0.3) is 0 Å². The Morgan fingerprint density at radius 1 is 1.43 bits per heavy atom. The minimum atomic E-state index is -3.88. The predicted octanol–water partition coefficient (Wildman–Crippen LogP) is 2.10. The summed E-state index contributed by atoms with van der Waals surface area (Å²) in [6, 6.07) is 2.12. The van der Waals surface area contributed by atoms with Crippen LogP contribution in [0.4, 0.5) is 10.1 Å².